The van der Waals surface area contributed by atoms with Crippen LogP contribution in [0.5, 0.6) is 5.75 Å². The summed E-state index contributed by atoms with van der Waals surface area (Å²) in [7, 11) is -2.70. The van der Waals surface area contributed by atoms with Crippen molar-refractivity contribution >= 4 is 33.0 Å². The number of primary sulfonamides is 1. The predicted molar refractivity (Wildman–Crippen MR) is 105 cm³/mol. The van der Waals surface area contributed by atoms with Crippen LogP contribution in [0.25, 0.3) is 11.3 Å². The average Bonchev–Trinajstić information content (AvgIpc) is 3.07. The molecule has 0 aliphatic carbocycles. The van der Waals surface area contributed by atoms with Crippen molar-refractivity contribution in [1.29, 1.82) is 0 Å². The molecular weight excluding hydrogens is 386 g/mol. The van der Waals surface area contributed by atoms with E-state index in [1.165, 1.54) is 25.3 Å². The molecule has 0 unspecified atom stereocenters. The van der Waals surface area contributed by atoms with E-state index >= 15 is 0 Å². The fourth-order valence-corrected chi connectivity index (χ4v) is 3.84. The molecule has 3 aromatic rings. The second-order valence-electron chi connectivity index (χ2n) is 5.70. The largest absolute Gasteiger partial charge is 0.495 e. The maximum atomic E-state index is 12.5. The van der Waals surface area contributed by atoms with Crippen LogP contribution in [0.1, 0.15) is 15.4 Å². The first-order chi connectivity index (χ1) is 12.8. The highest BCUT2D eigenvalue weighted by molar-refractivity contribution is 7.89. The van der Waals surface area contributed by atoms with E-state index in [2.05, 4.69) is 10.3 Å². The lowest BCUT2D eigenvalue weighted by atomic mass is 10.1. The Bertz CT molecular complexity index is 1110. The van der Waals surface area contributed by atoms with Gasteiger partial charge in [0.15, 0.2) is 0 Å². The molecule has 0 radical (unpaired) electrons. The topological polar surface area (TPSA) is 111 Å². The molecule has 0 spiro atoms. The summed E-state index contributed by atoms with van der Waals surface area (Å²) in [5, 5.41) is 10.8. The van der Waals surface area contributed by atoms with E-state index in [4.69, 9.17) is 9.88 Å². The minimum Gasteiger partial charge on any atom is -0.495 e. The molecular formula is C18H17N3O4S2. The van der Waals surface area contributed by atoms with Crippen LogP contribution in [0.2, 0.25) is 0 Å². The number of benzene rings is 2. The van der Waals surface area contributed by atoms with Crippen LogP contribution in [-0.2, 0) is 10.0 Å². The van der Waals surface area contributed by atoms with Crippen LogP contribution in [-0.4, -0.2) is 26.4 Å². The Morgan fingerprint density at radius 2 is 2.00 bits per heavy atom. The van der Waals surface area contributed by atoms with Crippen molar-refractivity contribution in [2.75, 3.05) is 12.4 Å². The highest BCUT2D eigenvalue weighted by Crippen LogP contribution is 2.26. The van der Waals surface area contributed by atoms with Crippen molar-refractivity contribution < 1.29 is 17.9 Å². The van der Waals surface area contributed by atoms with E-state index in [-0.39, 0.29) is 16.2 Å². The summed E-state index contributed by atoms with van der Waals surface area (Å²) < 4.78 is 28.4. The van der Waals surface area contributed by atoms with Gasteiger partial charge in [0, 0.05) is 22.2 Å². The number of carbonyl (C=O) groups excluding carboxylic acids is 1. The molecule has 0 aliphatic heterocycles. The number of hydrogen-bond donors (Lipinski definition) is 2. The zero-order valence-electron chi connectivity index (χ0n) is 14.6. The Labute approximate surface area is 160 Å². The van der Waals surface area contributed by atoms with Crippen LogP contribution >= 0.6 is 11.3 Å². The molecule has 27 heavy (non-hydrogen) atoms. The van der Waals surface area contributed by atoms with Crippen LogP contribution in [0.4, 0.5) is 5.69 Å². The average molecular weight is 403 g/mol. The van der Waals surface area contributed by atoms with Gasteiger partial charge in [-0.05, 0) is 37.3 Å². The van der Waals surface area contributed by atoms with Crippen molar-refractivity contribution in [2.24, 2.45) is 5.14 Å². The molecule has 3 N–H and O–H groups in total. The van der Waals surface area contributed by atoms with Crippen molar-refractivity contribution in [1.82, 2.24) is 4.98 Å². The van der Waals surface area contributed by atoms with E-state index in [0.29, 0.717) is 5.69 Å². The summed E-state index contributed by atoms with van der Waals surface area (Å²) >= 11 is 1.54. The minimum atomic E-state index is -4.03. The number of nitrogens with one attached hydrogen (secondary N) is 1. The van der Waals surface area contributed by atoms with Crippen molar-refractivity contribution in [3.05, 3.63) is 58.4 Å². The van der Waals surface area contributed by atoms with Gasteiger partial charge in [0.05, 0.1) is 17.8 Å². The normalized spacial score (nSPS) is 11.2. The molecule has 0 saturated carbocycles. The molecule has 0 fully saturated rings. The quantitative estimate of drug-likeness (QED) is 0.680. The van der Waals surface area contributed by atoms with Gasteiger partial charge in [0.1, 0.15) is 10.6 Å². The molecule has 0 aliphatic rings. The Balaban J connectivity index is 1.88. The van der Waals surface area contributed by atoms with Gasteiger partial charge in [0.2, 0.25) is 10.0 Å². The number of aryl methyl sites for hydroxylation is 1. The number of amides is 1. The summed E-state index contributed by atoms with van der Waals surface area (Å²) in [5.41, 5.74) is 2.41. The summed E-state index contributed by atoms with van der Waals surface area (Å²) in [6.07, 6.45) is 0. The van der Waals surface area contributed by atoms with E-state index in [0.717, 1.165) is 16.3 Å². The van der Waals surface area contributed by atoms with Crippen molar-refractivity contribution in [2.45, 2.75) is 11.8 Å². The highest BCUT2D eigenvalue weighted by Gasteiger charge is 2.18. The SMILES string of the molecule is COc1ccc(C(=O)Nc2cccc(-c3csc(C)n3)c2)cc1S(N)(=O)=O. The number of nitrogens with two attached hydrogens (primary N) is 1. The molecule has 7 nitrogen and oxygen atoms in total. The smallest absolute Gasteiger partial charge is 0.255 e. The Morgan fingerprint density at radius 1 is 1.22 bits per heavy atom. The van der Waals surface area contributed by atoms with Crippen LogP contribution in [0.3, 0.4) is 0 Å². The number of thiazole rings is 1. The zero-order valence-corrected chi connectivity index (χ0v) is 16.2. The monoisotopic (exact) mass is 403 g/mol. The maximum absolute atomic E-state index is 12.5. The van der Waals surface area contributed by atoms with E-state index < -0.39 is 15.9 Å². The number of anilines is 1. The second-order valence-corrected chi connectivity index (χ2v) is 8.29. The molecule has 0 saturated heterocycles. The molecule has 0 bridgehead atoms. The second kappa shape index (κ2) is 7.47. The number of aromatic nitrogens is 1. The molecule has 3 rings (SSSR count). The third-order valence-corrected chi connectivity index (χ3v) is 5.47. The number of nitrogens with zero attached hydrogens (tertiary/aromatic N) is 1. The maximum Gasteiger partial charge on any atom is 0.255 e. The van der Waals surface area contributed by atoms with Crippen molar-refractivity contribution in [3.63, 3.8) is 0 Å². The van der Waals surface area contributed by atoms with Crippen LogP contribution < -0.4 is 15.2 Å². The van der Waals surface area contributed by atoms with E-state index in [1.807, 2.05) is 24.4 Å². The van der Waals surface area contributed by atoms with E-state index in [9.17, 15) is 13.2 Å². The van der Waals surface area contributed by atoms with Crippen LogP contribution in [0.15, 0.2) is 52.7 Å². The highest BCUT2D eigenvalue weighted by atomic mass is 32.2. The molecule has 9 heteroatoms. The summed E-state index contributed by atoms with van der Waals surface area (Å²) in [6.45, 7) is 1.92. The van der Waals surface area contributed by atoms with Crippen LogP contribution in [0, 0.1) is 6.92 Å². The Kier molecular flexibility index (Phi) is 5.26. The lowest BCUT2D eigenvalue weighted by Crippen LogP contribution is -2.16. The first kappa shape index (κ1) is 19.0. The van der Waals surface area contributed by atoms with E-state index in [1.54, 1.807) is 23.5 Å². The number of sulfonamides is 1. The summed E-state index contributed by atoms with van der Waals surface area (Å²) in [4.78, 5) is 16.7. The summed E-state index contributed by atoms with van der Waals surface area (Å²) in [6, 6.07) is 11.3. The number of rotatable bonds is 5. The fraction of sp³-hybridized carbons (Fsp3) is 0.111. The lowest BCUT2D eigenvalue weighted by molar-refractivity contribution is 0.102. The first-order valence-corrected chi connectivity index (χ1v) is 10.3. The molecule has 140 valence electrons. The van der Waals surface area contributed by atoms with Gasteiger partial charge in [-0.3, -0.25) is 4.79 Å². The molecule has 0 atom stereocenters. The van der Waals surface area contributed by atoms with Gasteiger partial charge >= 0.3 is 0 Å². The van der Waals surface area contributed by atoms with Gasteiger partial charge in [-0.1, -0.05) is 12.1 Å². The van der Waals surface area contributed by atoms with Crippen molar-refractivity contribution in [3.8, 4) is 17.0 Å². The predicted octanol–water partition coefficient (Wildman–Crippen LogP) is 3.03. The first-order valence-electron chi connectivity index (χ1n) is 7.82. The number of hydrogen-bond acceptors (Lipinski definition) is 6. The number of methoxy groups -OCH3 is 1. The Hall–Kier alpha value is -2.75. The Morgan fingerprint density at radius 3 is 2.63 bits per heavy atom. The zero-order chi connectivity index (χ0) is 19.6. The lowest BCUT2D eigenvalue weighted by Gasteiger charge is -2.10. The van der Waals surface area contributed by atoms with Gasteiger partial charge < -0.3 is 10.1 Å². The number of carbonyl (C=O) groups is 1. The third-order valence-electron chi connectivity index (χ3n) is 3.77. The standard InChI is InChI=1S/C18H17N3O4S2/c1-11-20-15(10-26-11)12-4-3-5-14(8-12)21-18(22)13-6-7-16(25-2)17(9-13)27(19,23)24/h3-10H,1-2H3,(H,21,22)(H2,19,23,24). The third kappa shape index (κ3) is 4.33. The minimum absolute atomic E-state index is 0.0787. The van der Waals surface area contributed by atoms with Gasteiger partial charge in [0.25, 0.3) is 5.91 Å². The summed E-state index contributed by atoms with van der Waals surface area (Å²) in [5.74, 6) is -0.385. The van der Waals surface area contributed by atoms with Gasteiger partial charge in [-0.2, -0.15) is 0 Å². The van der Waals surface area contributed by atoms with Gasteiger partial charge in [-0.25, -0.2) is 18.5 Å². The van der Waals surface area contributed by atoms with Gasteiger partial charge in [-0.15, -0.1) is 11.3 Å². The number of ether oxygens (including phenoxy) is 1. The molecule has 1 heterocycles. The molecule has 2 aromatic carbocycles. The fourth-order valence-electron chi connectivity index (χ4n) is 2.50. The molecule has 1 aromatic heterocycles. The molecule has 1 amide bonds.